The quantitative estimate of drug-likeness (QED) is 0.678. The Kier molecular flexibility index (Phi) is 4.97. The van der Waals surface area contributed by atoms with Crippen LogP contribution in [0.2, 0.25) is 0 Å². The van der Waals surface area contributed by atoms with Gasteiger partial charge >= 0.3 is 0 Å². The van der Waals surface area contributed by atoms with E-state index in [2.05, 4.69) is 5.32 Å². The van der Waals surface area contributed by atoms with Crippen molar-refractivity contribution in [2.24, 2.45) is 0 Å². The number of amides is 1. The fraction of sp³-hybridized carbons (Fsp3) is 0.462. The van der Waals surface area contributed by atoms with Gasteiger partial charge in [0.1, 0.15) is 0 Å². The topological polar surface area (TPSA) is 75.3 Å². The van der Waals surface area contributed by atoms with Gasteiger partial charge in [0.2, 0.25) is 0 Å². The van der Waals surface area contributed by atoms with Crippen LogP contribution in [-0.2, 0) is 0 Å². The molecular formula is C13H20N2O2. The maximum Gasteiger partial charge on any atom is 0.251 e. The zero-order chi connectivity index (χ0) is 12.8. The second-order valence-corrected chi connectivity index (χ2v) is 4.18. The molecule has 0 spiro atoms. The minimum Gasteiger partial charge on any atom is -0.399 e. The van der Waals surface area contributed by atoms with Gasteiger partial charge in [0.25, 0.3) is 5.91 Å². The number of nitrogen functional groups attached to an aromatic ring is 1. The van der Waals surface area contributed by atoms with Crippen molar-refractivity contribution in [1.29, 1.82) is 0 Å². The maximum absolute atomic E-state index is 11.8. The molecule has 94 valence electrons. The van der Waals surface area contributed by atoms with Crippen LogP contribution in [0, 0.1) is 6.92 Å². The van der Waals surface area contributed by atoms with Gasteiger partial charge in [-0.25, -0.2) is 0 Å². The lowest BCUT2D eigenvalue weighted by Gasteiger charge is -2.10. The lowest BCUT2D eigenvalue weighted by atomic mass is 10.1. The highest BCUT2D eigenvalue weighted by Gasteiger charge is 2.09. The molecule has 0 saturated carbocycles. The van der Waals surface area contributed by atoms with Crippen LogP contribution >= 0.6 is 0 Å². The Bertz CT molecular complexity index is 391. The van der Waals surface area contributed by atoms with Crippen LogP contribution in [0.1, 0.15) is 35.7 Å². The molecule has 0 radical (unpaired) electrons. The average molecular weight is 236 g/mol. The molecule has 1 aromatic rings. The first-order chi connectivity index (χ1) is 8.04. The first-order valence-electron chi connectivity index (χ1n) is 5.87. The van der Waals surface area contributed by atoms with E-state index in [4.69, 9.17) is 5.73 Å². The molecule has 4 heteroatoms. The van der Waals surface area contributed by atoms with Gasteiger partial charge in [-0.2, -0.15) is 0 Å². The van der Waals surface area contributed by atoms with Crippen LogP contribution in [0.5, 0.6) is 0 Å². The second-order valence-electron chi connectivity index (χ2n) is 4.18. The van der Waals surface area contributed by atoms with E-state index in [0.29, 0.717) is 30.6 Å². The Morgan fingerprint density at radius 1 is 1.53 bits per heavy atom. The zero-order valence-corrected chi connectivity index (χ0v) is 10.4. The van der Waals surface area contributed by atoms with E-state index >= 15 is 0 Å². The van der Waals surface area contributed by atoms with Gasteiger partial charge in [-0.1, -0.05) is 13.0 Å². The molecule has 0 aliphatic heterocycles. The number of aliphatic hydroxyl groups excluding tert-OH is 1. The predicted octanol–water partition coefficient (Wildman–Crippen LogP) is 1.47. The lowest BCUT2D eigenvalue weighted by molar-refractivity contribution is 0.0941. The number of nitrogens with two attached hydrogens (primary N) is 1. The van der Waals surface area contributed by atoms with Crippen LogP contribution < -0.4 is 11.1 Å². The van der Waals surface area contributed by atoms with Crippen molar-refractivity contribution >= 4 is 11.6 Å². The van der Waals surface area contributed by atoms with E-state index in [1.807, 2.05) is 19.9 Å². The van der Waals surface area contributed by atoms with Crippen molar-refractivity contribution in [1.82, 2.24) is 5.32 Å². The summed E-state index contributed by atoms with van der Waals surface area (Å²) in [6, 6.07) is 5.26. The predicted molar refractivity (Wildman–Crippen MR) is 68.8 cm³/mol. The number of hydrogen-bond donors (Lipinski definition) is 3. The summed E-state index contributed by atoms with van der Waals surface area (Å²) in [5.74, 6) is -0.141. The second kappa shape index (κ2) is 6.25. The Hall–Kier alpha value is -1.55. The summed E-state index contributed by atoms with van der Waals surface area (Å²) in [6.45, 7) is 4.26. The van der Waals surface area contributed by atoms with Crippen LogP contribution in [0.3, 0.4) is 0 Å². The molecule has 0 heterocycles. The molecule has 4 N–H and O–H groups in total. The molecule has 1 aromatic carbocycles. The van der Waals surface area contributed by atoms with E-state index in [1.54, 1.807) is 12.1 Å². The molecule has 1 unspecified atom stereocenters. The summed E-state index contributed by atoms with van der Waals surface area (Å²) in [6.07, 6.45) is 0.925. The summed E-state index contributed by atoms with van der Waals surface area (Å²) in [5.41, 5.74) is 7.71. The molecule has 17 heavy (non-hydrogen) atoms. The number of benzene rings is 1. The third-order valence-electron chi connectivity index (χ3n) is 2.74. The molecule has 0 aliphatic carbocycles. The van der Waals surface area contributed by atoms with Gasteiger partial charge in [0.05, 0.1) is 6.10 Å². The molecule has 0 saturated heterocycles. The van der Waals surface area contributed by atoms with E-state index < -0.39 is 0 Å². The molecule has 0 aliphatic rings. The van der Waals surface area contributed by atoms with Gasteiger partial charge in [0.15, 0.2) is 0 Å². The van der Waals surface area contributed by atoms with Gasteiger partial charge in [-0.05, 0) is 37.5 Å². The van der Waals surface area contributed by atoms with E-state index in [9.17, 15) is 9.90 Å². The molecule has 0 bridgehead atoms. The SMILES string of the molecule is CCC(O)CCNC(=O)c1cc(N)ccc1C. The standard InChI is InChI=1S/C13H20N2O2/c1-3-11(16)6-7-15-13(17)12-8-10(14)5-4-9(12)2/h4-5,8,11,16H,3,6-7,14H2,1-2H3,(H,15,17). The van der Waals surface area contributed by atoms with E-state index in [1.165, 1.54) is 0 Å². The minimum absolute atomic E-state index is 0.141. The number of nitrogens with one attached hydrogen (secondary N) is 1. The number of carbonyl (C=O) groups is 1. The van der Waals surface area contributed by atoms with Gasteiger partial charge in [0, 0.05) is 17.8 Å². The van der Waals surface area contributed by atoms with E-state index in [0.717, 1.165) is 5.56 Å². The average Bonchev–Trinajstić information content (AvgIpc) is 2.31. The van der Waals surface area contributed by atoms with Crippen LogP contribution in [0.15, 0.2) is 18.2 Å². The number of aryl methyl sites for hydroxylation is 1. The Morgan fingerprint density at radius 2 is 2.24 bits per heavy atom. The Labute approximate surface area is 102 Å². The first-order valence-corrected chi connectivity index (χ1v) is 5.87. The Morgan fingerprint density at radius 3 is 2.88 bits per heavy atom. The lowest BCUT2D eigenvalue weighted by Crippen LogP contribution is -2.27. The van der Waals surface area contributed by atoms with Gasteiger partial charge in [-0.3, -0.25) is 4.79 Å². The first kappa shape index (κ1) is 13.5. The highest BCUT2D eigenvalue weighted by Crippen LogP contribution is 2.12. The Balaban J connectivity index is 2.55. The molecule has 1 amide bonds. The molecule has 0 aromatic heterocycles. The fourth-order valence-corrected chi connectivity index (χ4v) is 1.54. The highest BCUT2D eigenvalue weighted by molar-refractivity contribution is 5.96. The smallest absolute Gasteiger partial charge is 0.251 e. The third-order valence-corrected chi connectivity index (χ3v) is 2.74. The summed E-state index contributed by atoms with van der Waals surface area (Å²) in [4.78, 5) is 11.8. The minimum atomic E-state index is -0.350. The fourth-order valence-electron chi connectivity index (χ4n) is 1.54. The summed E-state index contributed by atoms with van der Waals surface area (Å²) >= 11 is 0. The number of carbonyl (C=O) groups excluding carboxylic acids is 1. The summed E-state index contributed by atoms with van der Waals surface area (Å²) < 4.78 is 0. The van der Waals surface area contributed by atoms with Crippen LogP contribution in [0.4, 0.5) is 5.69 Å². The summed E-state index contributed by atoms with van der Waals surface area (Å²) in [5, 5.41) is 12.1. The van der Waals surface area contributed by atoms with Crippen LogP contribution in [0.25, 0.3) is 0 Å². The largest absolute Gasteiger partial charge is 0.399 e. The highest BCUT2D eigenvalue weighted by atomic mass is 16.3. The van der Waals surface area contributed by atoms with Crippen LogP contribution in [-0.4, -0.2) is 23.7 Å². The maximum atomic E-state index is 11.8. The number of aliphatic hydroxyl groups is 1. The number of rotatable bonds is 5. The van der Waals surface area contributed by atoms with Crippen molar-refractivity contribution in [2.45, 2.75) is 32.8 Å². The number of hydrogen-bond acceptors (Lipinski definition) is 3. The third kappa shape index (κ3) is 4.07. The molecule has 1 atom stereocenters. The molecule has 0 fully saturated rings. The van der Waals surface area contributed by atoms with Crippen molar-refractivity contribution in [3.63, 3.8) is 0 Å². The molecule has 4 nitrogen and oxygen atoms in total. The number of anilines is 1. The van der Waals surface area contributed by atoms with E-state index in [-0.39, 0.29) is 12.0 Å². The van der Waals surface area contributed by atoms with Crippen molar-refractivity contribution in [3.05, 3.63) is 29.3 Å². The summed E-state index contributed by atoms with van der Waals surface area (Å²) in [7, 11) is 0. The van der Waals surface area contributed by atoms with Crippen molar-refractivity contribution in [2.75, 3.05) is 12.3 Å². The van der Waals surface area contributed by atoms with Gasteiger partial charge in [-0.15, -0.1) is 0 Å². The molecular weight excluding hydrogens is 216 g/mol. The molecule has 1 rings (SSSR count). The van der Waals surface area contributed by atoms with Gasteiger partial charge < -0.3 is 16.2 Å². The van der Waals surface area contributed by atoms with Crippen molar-refractivity contribution in [3.8, 4) is 0 Å². The normalized spacial score (nSPS) is 12.2. The monoisotopic (exact) mass is 236 g/mol. The van der Waals surface area contributed by atoms with Crippen molar-refractivity contribution < 1.29 is 9.90 Å². The zero-order valence-electron chi connectivity index (χ0n) is 10.4.